The zero-order valence-electron chi connectivity index (χ0n) is 27.8. The van der Waals surface area contributed by atoms with Gasteiger partial charge in [0.2, 0.25) is 5.89 Å². The number of carbonyl (C=O) groups is 1. The Bertz CT molecular complexity index is 1880. The maximum atomic E-state index is 15.8. The minimum Gasteiger partial charge on any atom is -0.409 e. The number of rotatable bonds is 9. The van der Waals surface area contributed by atoms with Crippen molar-refractivity contribution in [2.45, 2.75) is 46.6 Å². The van der Waals surface area contributed by atoms with Crippen molar-refractivity contribution in [1.29, 1.82) is 0 Å². The number of hydrogen-bond donors (Lipinski definition) is 1. The summed E-state index contributed by atoms with van der Waals surface area (Å²) in [6, 6.07) is 18.4. The summed E-state index contributed by atoms with van der Waals surface area (Å²) in [6.07, 6.45) is 3.21. The fourth-order valence-electron chi connectivity index (χ4n) is 5.89. The number of carbonyl (C=O) groups excluding carboxylic acids is 1. The molecule has 0 radical (unpaired) electrons. The number of aryl methyl sites for hydroxylation is 5. The number of amides is 1. The van der Waals surface area contributed by atoms with Crippen LogP contribution in [0.25, 0.3) is 0 Å². The van der Waals surface area contributed by atoms with Gasteiger partial charge < -0.3 is 24.4 Å². The van der Waals surface area contributed by atoms with Crippen LogP contribution in [0, 0.1) is 26.6 Å². The first-order chi connectivity index (χ1) is 23.2. The average Bonchev–Trinajstić information content (AvgIpc) is 3.49. The molecule has 6 rings (SSSR count). The van der Waals surface area contributed by atoms with Gasteiger partial charge in [-0.25, -0.2) is 24.1 Å². The molecule has 1 aliphatic heterocycles. The lowest BCUT2D eigenvalue weighted by atomic mass is 10.0. The zero-order valence-corrected chi connectivity index (χ0v) is 27.8. The van der Waals surface area contributed by atoms with Crippen LogP contribution in [-0.4, -0.2) is 63.8 Å². The number of anilines is 5. The van der Waals surface area contributed by atoms with Gasteiger partial charge in [0.15, 0.2) is 5.82 Å². The molecule has 1 unspecified atom stereocenters. The highest BCUT2D eigenvalue weighted by molar-refractivity contribution is 6.00. The molecule has 12 heteroatoms. The number of piperazine rings is 1. The van der Waals surface area contributed by atoms with Gasteiger partial charge >= 0.3 is 6.09 Å². The fourth-order valence-corrected chi connectivity index (χ4v) is 5.89. The number of aromatic nitrogens is 4. The Morgan fingerprint density at radius 1 is 1.06 bits per heavy atom. The number of para-hydroxylation sites is 2. The SMILES string of the molecule is Cc1noc(CCc2cccc(N(C(=O)Oc3c(C)cccc3C)c3ccncn3)c2Nc2ccc(N3CCN(C)C(C)C3)c(F)c2)n1. The summed E-state index contributed by atoms with van der Waals surface area (Å²) in [4.78, 5) is 32.7. The van der Waals surface area contributed by atoms with E-state index < -0.39 is 6.09 Å². The number of ether oxygens (including phenoxy) is 1. The Kier molecular flexibility index (Phi) is 9.62. The third-order valence-electron chi connectivity index (χ3n) is 8.64. The van der Waals surface area contributed by atoms with Crippen molar-refractivity contribution in [2.75, 3.05) is 41.8 Å². The molecule has 3 aromatic carbocycles. The van der Waals surface area contributed by atoms with Gasteiger partial charge in [0.25, 0.3) is 0 Å². The summed E-state index contributed by atoms with van der Waals surface area (Å²) in [6.45, 7) is 10.0. The van der Waals surface area contributed by atoms with Crippen LogP contribution in [0.5, 0.6) is 5.75 Å². The summed E-state index contributed by atoms with van der Waals surface area (Å²) >= 11 is 0. The van der Waals surface area contributed by atoms with Crippen LogP contribution < -0.4 is 19.9 Å². The highest BCUT2D eigenvalue weighted by atomic mass is 19.1. The lowest BCUT2D eigenvalue weighted by Crippen LogP contribution is -2.50. The quantitative estimate of drug-likeness (QED) is 0.180. The number of nitrogens with zero attached hydrogens (tertiary/aromatic N) is 7. The van der Waals surface area contributed by atoms with Crippen LogP contribution in [0.2, 0.25) is 0 Å². The highest BCUT2D eigenvalue weighted by Crippen LogP contribution is 2.38. The third kappa shape index (κ3) is 7.13. The van der Waals surface area contributed by atoms with Crippen molar-refractivity contribution in [3.05, 3.63) is 107 Å². The molecule has 248 valence electrons. The van der Waals surface area contributed by atoms with Gasteiger partial charge in [-0.15, -0.1) is 0 Å². The molecule has 1 aliphatic rings. The first-order valence-corrected chi connectivity index (χ1v) is 15.9. The second-order valence-corrected chi connectivity index (χ2v) is 12.1. The summed E-state index contributed by atoms with van der Waals surface area (Å²) < 4.78 is 27.2. The first kappa shape index (κ1) is 32.6. The molecule has 1 fully saturated rings. The monoisotopic (exact) mass is 650 g/mol. The molecule has 1 saturated heterocycles. The van der Waals surface area contributed by atoms with Crippen LogP contribution in [0.1, 0.15) is 35.3 Å². The van der Waals surface area contributed by atoms with Gasteiger partial charge in [0, 0.05) is 44.0 Å². The number of hydrogen-bond acceptors (Lipinski definition) is 10. The molecule has 0 bridgehead atoms. The van der Waals surface area contributed by atoms with E-state index >= 15 is 4.39 Å². The number of benzene rings is 3. The predicted molar refractivity (Wildman–Crippen MR) is 183 cm³/mol. The van der Waals surface area contributed by atoms with Crippen molar-refractivity contribution in [2.24, 2.45) is 0 Å². The first-order valence-electron chi connectivity index (χ1n) is 15.9. The minimum absolute atomic E-state index is 0.305. The molecule has 0 saturated carbocycles. The van der Waals surface area contributed by atoms with E-state index in [4.69, 9.17) is 9.26 Å². The number of likely N-dealkylation sites (N-methyl/N-ethyl adjacent to an activating group) is 1. The van der Waals surface area contributed by atoms with Gasteiger partial charge in [0.05, 0.1) is 17.1 Å². The van der Waals surface area contributed by atoms with Crippen molar-refractivity contribution in [3.63, 3.8) is 0 Å². The molecule has 48 heavy (non-hydrogen) atoms. The molecule has 5 aromatic rings. The molecule has 11 nitrogen and oxygen atoms in total. The summed E-state index contributed by atoms with van der Waals surface area (Å²) in [7, 11) is 2.09. The van der Waals surface area contributed by atoms with Gasteiger partial charge in [-0.3, -0.25) is 0 Å². The van der Waals surface area contributed by atoms with E-state index in [0.29, 0.717) is 64.9 Å². The van der Waals surface area contributed by atoms with Crippen LogP contribution in [0.3, 0.4) is 0 Å². The Balaban J connectivity index is 1.40. The molecule has 2 aromatic heterocycles. The lowest BCUT2D eigenvalue weighted by Gasteiger charge is -2.39. The van der Waals surface area contributed by atoms with E-state index in [1.165, 1.54) is 17.3 Å². The minimum atomic E-state index is -0.662. The van der Waals surface area contributed by atoms with Gasteiger partial charge in [-0.1, -0.05) is 35.5 Å². The fraction of sp³-hybridized carbons (Fsp3) is 0.306. The van der Waals surface area contributed by atoms with Crippen molar-refractivity contribution in [1.82, 2.24) is 25.0 Å². The molecule has 0 aliphatic carbocycles. The second-order valence-electron chi connectivity index (χ2n) is 12.1. The molecule has 1 N–H and O–H groups in total. The maximum Gasteiger partial charge on any atom is 0.425 e. The van der Waals surface area contributed by atoms with Crippen LogP contribution in [-0.2, 0) is 12.8 Å². The average molecular weight is 651 g/mol. The van der Waals surface area contributed by atoms with Gasteiger partial charge in [-0.05, 0) is 88.2 Å². The molecule has 3 heterocycles. The highest BCUT2D eigenvalue weighted by Gasteiger charge is 2.28. The predicted octanol–water partition coefficient (Wildman–Crippen LogP) is 6.93. The van der Waals surface area contributed by atoms with E-state index in [9.17, 15) is 4.79 Å². The maximum absolute atomic E-state index is 15.8. The largest absolute Gasteiger partial charge is 0.425 e. The number of nitrogens with one attached hydrogen (secondary N) is 1. The van der Waals surface area contributed by atoms with E-state index in [-0.39, 0.29) is 5.82 Å². The summed E-state index contributed by atoms with van der Waals surface area (Å²) in [5, 5.41) is 7.35. The van der Waals surface area contributed by atoms with Crippen LogP contribution in [0.15, 0.2) is 77.7 Å². The summed E-state index contributed by atoms with van der Waals surface area (Å²) in [5.74, 6) is 1.48. The van der Waals surface area contributed by atoms with Crippen molar-refractivity contribution >= 4 is 34.7 Å². The van der Waals surface area contributed by atoms with E-state index in [1.807, 2.05) is 50.2 Å². The normalized spacial score (nSPS) is 15.0. The smallest absolute Gasteiger partial charge is 0.409 e. The lowest BCUT2D eigenvalue weighted by molar-refractivity contribution is 0.209. The van der Waals surface area contributed by atoms with Crippen LogP contribution in [0.4, 0.5) is 37.8 Å². The zero-order chi connectivity index (χ0) is 33.8. The van der Waals surface area contributed by atoms with Crippen LogP contribution >= 0.6 is 0 Å². The van der Waals surface area contributed by atoms with Gasteiger partial charge in [0.1, 0.15) is 23.7 Å². The second kappa shape index (κ2) is 14.2. The van der Waals surface area contributed by atoms with Crippen molar-refractivity contribution in [3.8, 4) is 5.75 Å². The van der Waals surface area contributed by atoms with E-state index in [1.54, 1.807) is 31.3 Å². The van der Waals surface area contributed by atoms with E-state index in [2.05, 4.69) is 49.2 Å². The third-order valence-corrected chi connectivity index (χ3v) is 8.64. The number of halogens is 1. The molecule has 0 spiro atoms. The Hall–Kier alpha value is -5.36. The Labute approximate surface area is 279 Å². The Morgan fingerprint density at radius 3 is 2.54 bits per heavy atom. The Morgan fingerprint density at radius 2 is 1.85 bits per heavy atom. The van der Waals surface area contributed by atoms with Gasteiger partial charge in [-0.2, -0.15) is 4.98 Å². The standard InChI is InChI=1S/C36H39FN8O3/c1-23-8-6-9-24(2)35(23)47-36(46)45(32-16-17-38-22-39-32)31-11-7-10-27(12-15-33-40-26(4)42-48-33)34(31)41-28-13-14-30(29(37)20-28)44-19-18-43(5)25(3)21-44/h6-11,13-14,16-17,20,22,25,41H,12,15,18-19,21H2,1-5H3. The van der Waals surface area contributed by atoms with E-state index in [0.717, 1.165) is 36.3 Å². The molecular weight excluding hydrogens is 611 g/mol. The van der Waals surface area contributed by atoms with Crippen molar-refractivity contribution < 1.29 is 18.4 Å². The molecular formula is C36H39FN8O3. The summed E-state index contributed by atoms with van der Waals surface area (Å²) in [5.41, 5.74) is 4.58. The molecule has 1 amide bonds. The molecule has 1 atom stereocenters. The topological polar surface area (TPSA) is 113 Å².